The van der Waals surface area contributed by atoms with Crippen molar-refractivity contribution in [2.75, 3.05) is 43.1 Å². The number of likely N-dealkylation sites (N-methyl/N-ethyl adjacent to an activating group) is 1. The molecular weight excluding hydrogens is 270 g/mol. The van der Waals surface area contributed by atoms with Crippen LogP contribution in [0.2, 0.25) is 0 Å². The molecule has 0 radical (unpaired) electrons. The van der Waals surface area contributed by atoms with E-state index in [1.54, 1.807) is 0 Å². The Morgan fingerprint density at radius 1 is 1.43 bits per heavy atom. The summed E-state index contributed by atoms with van der Waals surface area (Å²) in [5, 5.41) is 11.9. The van der Waals surface area contributed by atoms with Crippen LogP contribution in [0.1, 0.15) is 6.92 Å². The molecule has 1 saturated heterocycles. The first-order valence-corrected chi connectivity index (χ1v) is 7.25. The number of rotatable bonds is 6. The molecule has 6 nitrogen and oxygen atoms in total. The highest BCUT2D eigenvalue weighted by atomic mass is 16.5. The van der Waals surface area contributed by atoms with Crippen LogP contribution in [0.15, 0.2) is 24.3 Å². The fourth-order valence-corrected chi connectivity index (χ4v) is 2.42. The van der Waals surface area contributed by atoms with Crippen LogP contribution >= 0.6 is 0 Å². The molecular formula is C15H23N3O3. The lowest BCUT2D eigenvalue weighted by molar-refractivity contribution is -0.120. The average Bonchev–Trinajstić information content (AvgIpc) is 2.92. The second-order valence-electron chi connectivity index (χ2n) is 5.15. The Kier molecular flexibility index (Phi) is 5.55. The van der Waals surface area contributed by atoms with Gasteiger partial charge in [0.25, 0.3) is 0 Å². The normalized spacial score (nSPS) is 21.3. The smallest absolute Gasteiger partial charge is 0.231 e. The van der Waals surface area contributed by atoms with Gasteiger partial charge in [0, 0.05) is 30.5 Å². The van der Waals surface area contributed by atoms with Gasteiger partial charge in [-0.1, -0.05) is 0 Å². The summed E-state index contributed by atoms with van der Waals surface area (Å²) in [6.45, 7) is 4.38. The molecule has 1 aliphatic rings. The molecule has 0 saturated carbocycles. The van der Waals surface area contributed by atoms with E-state index >= 15 is 0 Å². The quantitative estimate of drug-likeness (QED) is 0.707. The maximum atomic E-state index is 12.1. The van der Waals surface area contributed by atoms with Gasteiger partial charge in [0.05, 0.1) is 25.7 Å². The molecule has 2 atom stereocenters. The third-order valence-corrected chi connectivity index (χ3v) is 3.71. The number of nitrogens with two attached hydrogens (primary N) is 1. The van der Waals surface area contributed by atoms with Crippen molar-refractivity contribution >= 4 is 17.3 Å². The van der Waals surface area contributed by atoms with Gasteiger partial charge in [-0.15, -0.1) is 0 Å². The molecule has 116 valence electrons. The Hall–Kier alpha value is -1.63. The Morgan fingerprint density at radius 3 is 2.67 bits per heavy atom. The summed E-state index contributed by atoms with van der Waals surface area (Å²) in [4.78, 5) is 14.1. The first-order valence-electron chi connectivity index (χ1n) is 7.25. The SMILES string of the molecule is CCN(CCO)c1ccc(NC(=O)C2COCC2N)cc1. The lowest BCUT2D eigenvalue weighted by atomic mass is 10.0. The number of amides is 1. The zero-order valence-corrected chi connectivity index (χ0v) is 12.3. The molecule has 1 aromatic rings. The van der Waals surface area contributed by atoms with Crippen molar-refractivity contribution in [3.05, 3.63) is 24.3 Å². The fraction of sp³-hybridized carbons (Fsp3) is 0.533. The molecule has 1 aromatic carbocycles. The van der Waals surface area contributed by atoms with Crippen LogP contribution in [-0.4, -0.2) is 50.0 Å². The summed E-state index contributed by atoms with van der Waals surface area (Å²) in [5.74, 6) is -0.387. The number of hydrogen-bond acceptors (Lipinski definition) is 5. The molecule has 6 heteroatoms. The van der Waals surface area contributed by atoms with Crippen molar-refractivity contribution in [1.82, 2.24) is 0 Å². The molecule has 1 aliphatic heterocycles. The number of anilines is 2. The van der Waals surface area contributed by atoms with Gasteiger partial charge >= 0.3 is 0 Å². The van der Waals surface area contributed by atoms with Crippen molar-refractivity contribution in [3.63, 3.8) is 0 Å². The lowest BCUT2D eigenvalue weighted by Gasteiger charge is -2.22. The second-order valence-corrected chi connectivity index (χ2v) is 5.15. The highest BCUT2D eigenvalue weighted by Crippen LogP contribution is 2.19. The van der Waals surface area contributed by atoms with E-state index in [0.717, 1.165) is 17.9 Å². The highest BCUT2D eigenvalue weighted by Gasteiger charge is 2.31. The maximum Gasteiger partial charge on any atom is 0.231 e. The highest BCUT2D eigenvalue weighted by molar-refractivity contribution is 5.93. The van der Waals surface area contributed by atoms with E-state index in [2.05, 4.69) is 10.2 Å². The van der Waals surface area contributed by atoms with Gasteiger partial charge in [0.2, 0.25) is 5.91 Å². The van der Waals surface area contributed by atoms with E-state index in [1.165, 1.54) is 0 Å². The van der Waals surface area contributed by atoms with Gasteiger partial charge in [0.1, 0.15) is 0 Å². The molecule has 0 bridgehead atoms. The molecule has 2 unspecified atom stereocenters. The van der Waals surface area contributed by atoms with E-state index in [9.17, 15) is 4.79 Å². The molecule has 0 aromatic heterocycles. The number of benzene rings is 1. The number of aliphatic hydroxyl groups excluding tert-OH is 1. The predicted molar refractivity (Wildman–Crippen MR) is 82.3 cm³/mol. The van der Waals surface area contributed by atoms with E-state index in [-0.39, 0.29) is 24.5 Å². The molecule has 0 aliphatic carbocycles. The summed E-state index contributed by atoms with van der Waals surface area (Å²) >= 11 is 0. The Labute approximate surface area is 124 Å². The molecule has 1 heterocycles. The third kappa shape index (κ3) is 3.93. The number of hydrogen-bond donors (Lipinski definition) is 3. The molecule has 4 N–H and O–H groups in total. The van der Waals surface area contributed by atoms with Gasteiger partial charge in [-0.2, -0.15) is 0 Å². The monoisotopic (exact) mass is 293 g/mol. The number of aliphatic hydroxyl groups is 1. The molecule has 21 heavy (non-hydrogen) atoms. The molecule has 2 rings (SSSR count). The minimum Gasteiger partial charge on any atom is -0.395 e. The third-order valence-electron chi connectivity index (χ3n) is 3.71. The topological polar surface area (TPSA) is 87.8 Å². The first kappa shape index (κ1) is 15.8. The average molecular weight is 293 g/mol. The largest absolute Gasteiger partial charge is 0.395 e. The zero-order valence-electron chi connectivity index (χ0n) is 12.3. The van der Waals surface area contributed by atoms with Gasteiger partial charge < -0.3 is 25.8 Å². The number of nitrogens with one attached hydrogen (secondary N) is 1. The van der Waals surface area contributed by atoms with Gasteiger partial charge in [-0.05, 0) is 31.2 Å². The number of ether oxygens (including phenoxy) is 1. The second kappa shape index (κ2) is 7.40. The van der Waals surface area contributed by atoms with Crippen molar-refractivity contribution in [2.45, 2.75) is 13.0 Å². The lowest BCUT2D eigenvalue weighted by Crippen LogP contribution is -2.37. The van der Waals surface area contributed by atoms with Crippen molar-refractivity contribution < 1.29 is 14.6 Å². The Bertz CT molecular complexity index is 464. The first-order chi connectivity index (χ1) is 10.2. The Morgan fingerprint density at radius 2 is 2.14 bits per heavy atom. The van der Waals surface area contributed by atoms with Crippen LogP contribution in [0.4, 0.5) is 11.4 Å². The van der Waals surface area contributed by atoms with Crippen molar-refractivity contribution in [3.8, 4) is 0 Å². The van der Waals surface area contributed by atoms with E-state index in [4.69, 9.17) is 15.6 Å². The number of carbonyl (C=O) groups is 1. The van der Waals surface area contributed by atoms with E-state index < -0.39 is 0 Å². The van der Waals surface area contributed by atoms with Crippen LogP contribution in [0.25, 0.3) is 0 Å². The zero-order chi connectivity index (χ0) is 15.2. The van der Waals surface area contributed by atoms with Crippen LogP contribution in [0.3, 0.4) is 0 Å². The van der Waals surface area contributed by atoms with E-state index in [1.807, 2.05) is 31.2 Å². The summed E-state index contributed by atoms with van der Waals surface area (Å²) in [5.41, 5.74) is 7.59. The van der Waals surface area contributed by atoms with Gasteiger partial charge in [-0.25, -0.2) is 0 Å². The maximum absolute atomic E-state index is 12.1. The van der Waals surface area contributed by atoms with Crippen molar-refractivity contribution in [2.24, 2.45) is 11.7 Å². The van der Waals surface area contributed by atoms with Crippen molar-refractivity contribution in [1.29, 1.82) is 0 Å². The fourth-order valence-electron chi connectivity index (χ4n) is 2.42. The summed E-state index contributed by atoms with van der Waals surface area (Å²) < 4.78 is 5.20. The van der Waals surface area contributed by atoms with Crippen LogP contribution in [0, 0.1) is 5.92 Å². The van der Waals surface area contributed by atoms with Crippen LogP contribution in [-0.2, 0) is 9.53 Å². The van der Waals surface area contributed by atoms with Crippen LogP contribution in [0.5, 0.6) is 0 Å². The van der Waals surface area contributed by atoms with Gasteiger partial charge in [-0.3, -0.25) is 4.79 Å². The van der Waals surface area contributed by atoms with Gasteiger partial charge in [0.15, 0.2) is 0 Å². The standard InChI is InChI=1S/C15H23N3O3/c1-2-18(7-8-19)12-5-3-11(4-6-12)17-15(20)13-9-21-10-14(13)16/h3-6,13-14,19H,2,7-10,16H2,1H3,(H,17,20). The van der Waals surface area contributed by atoms with Crippen LogP contribution < -0.4 is 16.0 Å². The summed E-state index contributed by atoms with van der Waals surface area (Å²) in [7, 11) is 0. The Balaban J connectivity index is 1.97. The minimum atomic E-state index is -0.286. The molecule has 0 spiro atoms. The van der Waals surface area contributed by atoms with E-state index in [0.29, 0.717) is 19.8 Å². The number of carbonyl (C=O) groups excluding carboxylic acids is 1. The summed E-state index contributed by atoms with van der Waals surface area (Å²) in [6, 6.07) is 7.34. The molecule has 1 amide bonds. The molecule has 1 fully saturated rings. The number of nitrogens with zero attached hydrogens (tertiary/aromatic N) is 1. The predicted octanol–water partition coefficient (Wildman–Crippen LogP) is 0.417. The minimum absolute atomic E-state index is 0.101. The summed E-state index contributed by atoms with van der Waals surface area (Å²) in [6.07, 6.45) is 0.